The summed E-state index contributed by atoms with van der Waals surface area (Å²) in [5, 5.41) is 14.3. The van der Waals surface area contributed by atoms with Crippen molar-refractivity contribution in [3.05, 3.63) is 23.8 Å². The molecule has 2 rings (SSSR count). The highest BCUT2D eigenvalue weighted by Crippen LogP contribution is 2.28. The number of nitrogens with one attached hydrogen (secondary N) is 1. The average molecular weight is 291 g/mol. The van der Waals surface area contributed by atoms with E-state index in [1.54, 1.807) is 18.2 Å². The third-order valence-corrected chi connectivity index (χ3v) is 2.76. The van der Waals surface area contributed by atoms with E-state index < -0.39 is 5.91 Å². The Morgan fingerprint density at radius 1 is 1.29 bits per heavy atom. The van der Waals surface area contributed by atoms with Gasteiger partial charge in [0.2, 0.25) is 0 Å². The van der Waals surface area contributed by atoms with Gasteiger partial charge in [-0.3, -0.25) is 10.1 Å². The molecule has 21 heavy (non-hydrogen) atoms. The summed E-state index contributed by atoms with van der Waals surface area (Å²) in [6.45, 7) is 2.64. The summed E-state index contributed by atoms with van der Waals surface area (Å²) in [6, 6.07) is 5.10. The summed E-state index contributed by atoms with van der Waals surface area (Å²) in [6.07, 6.45) is 0.879. The van der Waals surface area contributed by atoms with E-state index in [1.165, 1.54) is 19.0 Å². The molecule has 0 bridgehead atoms. The van der Waals surface area contributed by atoms with Crippen LogP contribution in [0.5, 0.6) is 11.5 Å². The molecule has 0 aliphatic heterocycles. The number of hydrogen-bond donors (Lipinski definition) is 1. The Bertz CT molecular complexity index is 604. The van der Waals surface area contributed by atoms with Gasteiger partial charge < -0.3 is 9.47 Å². The number of carbonyl (C=O) groups excluding carboxylic acids is 1. The summed E-state index contributed by atoms with van der Waals surface area (Å²) in [4.78, 5) is 13.8. The van der Waals surface area contributed by atoms with E-state index in [9.17, 15) is 4.79 Å². The smallest absolute Gasteiger partial charge is 0.270 e. The Balaban J connectivity index is 2.23. The minimum Gasteiger partial charge on any atom is -0.496 e. The molecule has 0 spiro atoms. The van der Waals surface area contributed by atoms with Crippen LogP contribution in [0, 0.1) is 0 Å². The van der Waals surface area contributed by atoms with E-state index in [1.807, 2.05) is 6.92 Å². The third kappa shape index (κ3) is 3.28. The zero-order valence-corrected chi connectivity index (χ0v) is 12.2. The minimum absolute atomic E-state index is 0.140. The Labute approximate surface area is 122 Å². The van der Waals surface area contributed by atoms with Crippen molar-refractivity contribution in [3.63, 3.8) is 0 Å². The van der Waals surface area contributed by atoms with E-state index in [4.69, 9.17) is 9.47 Å². The van der Waals surface area contributed by atoms with Gasteiger partial charge in [-0.1, -0.05) is 18.1 Å². The van der Waals surface area contributed by atoms with E-state index >= 15 is 0 Å². The quantitative estimate of drug-likeness (QED) is 0.864. The standard InChI is InChI=1S/C13H17N5O3/c1-4-8-18-16-13(15-17-18)14-12(19)11-9(20-2)6-5-7-10(11)21-3/h5-7H,4,8H2,1-3H3,(H,14,16,19). The predicted octanol–water partition coefficient (Wildman–Crippen LogP) is 1.35. The Morgan fingerprint density at radius 2 is 1.95 bits per heavy atom. The lowest BCUT2D eigenvalue weighted by molar-refractivity contribution is 0.102. The van der Waals surface area contributed by atoms with Crippen molar-refractivity contribution in [2.45, 2.75) is 19.9 Å². The summed E-state index contributed by atoms with van der Waals surface area (Å²) in [7, 11) is 2.97. The zero-order valence-electron chi connectivity index (χ0n) is 12.2. The second-order valence-electron chi connectivity index (χ2n) is 4.20. The number of ether oxygens (including phenoxy) is 2. The molecule has 0 radical (unpaired) electrons. The number of tetrazole rings is 1. The first kappa shape index (κ1) is 14.8. The van der Waals surface area contributed by atoms with Gasteiger partial charge in [0.15, 0.2) is 0 Å². The largest absolute Gasteiger partial charge is 0.496 e. The van der Waals surface area contributed by atoms with E-state index in [0.717, 1.165) is 6.42 Å². The summed E-state index contributed by atoms with van der Waals surface area (Å²) in [5.74, 6) is 0.544. The first-order chi connectivity index (χ1) is 10.2. The second-order valence-corrected chi connectivity index (χ2v) is 4.20. The summed E-state index contributed by atoms with van der Waals surface area (Å²) >= 11 is 0. The molecule has 1 amide bonds. The van der Waals surface area contributed by atoms with Crippen molar-refractivity contribution >= 4 is 11.9 Å². The van der Waals surface area contributed by atoms with Crippen LogP contribution in [0.3, 0.4) is 0 Å². The first-order valence-electron chi connectivity index (χ1n) is 6.49. The predicted molar refractivity (Wildman–Crippen MR) is 75.6 cm³/mol. The van der Waals surface area contributed by atoms with Crippen LogP contribution in [0.1, 0.15) is 23.7 Å². The molecule has 0 unspecified atom stereocenters. The highest BCUT2D eigenvalue weighted by molar-refractivity contribution is 6.07. The maximum absolute atomic E-state index is 12.4. The molecule has 8 heteroatoms. The van der Waals surface area contributed by atoms with Gasteiger partial charge in [0.05, 0.1) is 20.8 Å². The van der Waals surface area contributed by atoms with Gasteiger partial charge >= 0.3 is 0 Å². The molecule has 1 aromatic carbocycles. The van der Waals surface area contributed by atoms with Gasteiger partial charge in [-0.05, 0) is 23.8 Å². The van der Waals surface area contributed by atoms with Crippen molar-refractivity contribution in [2.24, 2.45) is 0 Å². The normalized spacial score (nSPS) is 10.2. The lowest BCUT2D eigenvalue weighted by Crippen LogP contribution is -2.15. The second kappa shape index (κ2) is 6.69. The number of aromatic nitrogens is 4. The van der Waals surface area contributed by atoms with Crippen molar-refractivity contribution in [1.82, 2.24) is 20.2 Å². The van der Waals surface area contributed by atoms with Crippen LogP contribution in [-0.4, -0.2) is 40.3 Å². The topological polar surface area (TPSA) is 91.2 Å². The lowest BCUT2D eigenvalue weighted by atomic mass is 10.1. The molecule has 0 atom stereocenters. The van der Waals surface area contributed by atoms with Crippen LogP contribution in [0.2, 0.25) is 0 Å². The Hall–Kier alpha value is -2.64. The number of nitrogens with zero attached hydrogens (tertiary/aromatic N) is 4. The molecule has 1 heterocycles. The van der Waals surface area contributed by atoms with Crippen LogP contribution in [-0.2, 0) is 6.54 Å². The number of carbonyl (C=O) groups is 1. The molecule has 0 saturated carbocycles. The van der Waals surface area contributed by atoms with Crippen LogP contribution >= 0.6 is 0 Å². The maximum atomic E-state index is 12.4. The van der Waals surface area contributed by atoms with Gasteiger partial charge in [-0.15, -0.1) is 5.10 Å². The number of benzene rings is 1. The SMILES string of the molecule is CCCn1nnc(NC(=O)c2c(OC)cccc2OC)n1. The van der Waals surface area contributed by atoms with Crippen LogP contribution in [0.25, 0.3) is 0 Å². The lowest BCUT2D eigenvalue weighted by Gasteiger charge is -2.11. The molecule has 1 aromatic heterocycles. The van der Waals surface area contributed by atoms with Gasteiger partial charge in [-0.2, -0.15) is 4.80 Å². The molecule has 0 fully saturated rings. The fraction of sp³-hybridized carbons (Fsp3) is 0.385. The monoisotopic (exact) mass is 291 g/mol. The number of aryl methyl sites for hydroxylation is 1. The van der Waals surface area contributed by atoms with Crippen molar-refractivity contribution in [2.75, 3.05) is 19.5 Å². The average Bonchev–Trinajstić information content (AvgIpc) is 2.93. The fourth-order valence-electron chi connectivity index (χ4n) is 1.83. The van der Waals surface area contributed by atoms with Gasteiger partial charge in [0.25, 0.3) is 11.9 Å². The number of rotatable bonds is 6. The van der Waals surface area contributed by atoms with Crippen LogP contribution in [0.15, 0.2) is 18.2 Å². The van der Waals surface area contributed by atoms with Gasteiger partial charge in [-0.25, -0.2) is 0 Å². The molecular weight excluding hydrogens is 274 g/mol. The first-order valence-corrected chi connectivity index (χ1v) is 6.49. The highest BCUT2D eigenvalue weighted by Gasteiger charge is 2.19. The van der Waals surface area contributed by atoms with Gasteiger partial charge in [0, 0.05) is 0 Å². The number of anilines is 1. The zero-order chi connectivity index (χ0) is 15.2. The molecule has 2 aromatic rings. The molecule has 112 valence electrons. The van der Waals surface area contributed by atoms with E-state index in [-0.39, 0.29) is 11.5 Å². The highest BCUT2D eigenvalue weighted by atomic mass is 16.5. The Morgan fingerprint density at radius 3 is 2.52 bits per heavy atom. The number of methoxy groups -OCH3 is 2. The van der Waals surface area contributed by atoms with Gasteiger partial charge in [0.1, 0.15) is 17.1 Å². The van der Waals surface area contributed by atoms with Crippen LogP contribution < -0.4 is 14.8 Å². The van der Waals surface area contributed by atoms with Crippen molar-refractivity contribution in [1.29, 1.82) is 0 Å². The van der Waals surface area contributed by atoms with Crippen molar-refractivity contribution < 1.29 is 14.3 Å². The summed E-state index contributed by atoms with van der Waals surface area (Å²) < 4.78 is 10.4. The van der Waals surface area contributed by atoms with E-state index in [2.05, 4.69) is 20.7 Å². The third-order valence-electron chi connectivity index (χ3n) is 2.76. The number of amides is 1. The molecule has 0 aliphatic carbocycles. The van der Waals surface area contributed by atoms with Crippen LogP contribution in [0.4, 0.5) is 5.95 Å². The van der Waals surface area contributed by atoms with E-state index in [0.29, 0.717) is 18.0 Å². The minimum atomic E-state index is -0.416. The number of hydrogen-bond acceptors (Lipinski definition) is 6. The molecule has 0 saturated heterocycles. The van der Waals surface area contributed by atoms with Crippen molar-refractivity contribution in [3.8, 4) is 11.5 Å². The maximum Gasteiger partial charge on any atom is 0.270 e. The molecule has 8 nitrogen and oxygen atoms in total. The Kier molecular flexibility index (Phi) is 4.70. The summed E-state index contributed by atoms with van der Waals surface area (Å²) in [5.41, 5.74) is 0.286. The molecule has 1 N–H and O–H groups in total. The molecular formula is C13H17N5O3. The fourth-order valence-corrected chi connectivity index (χ4v) is 1.83. The molecule has 0 aliphatic rings.